The van der Waals surface area contributed by atoms with Gasteiger partial charge in [0.1, 0.15) is 0 Å². The van der Waals surface area contributed by atoms with E-state index in [4.69, 9.17) is 5.11 Å². The predicted molar refractivity (Wildman–Crippen MR) is 57.6 cm³/mol. The first-order chi connectivity index (χ1) is 7.95. The third kappa shape index (κ3) is 1.38. The Balaban J connectivity index is 3.06. The Bertz CT molecular complexity index is 632. The first kappa shape index (κ1) is 10.9. The zero-order chi connectivity index (χ0) is 12.7. The third-order valence-electron chi connectivity index (χ3n) is 2.46. The lowest BCUT2D eigenvalue weighted by Crippen LogP contribution is -1.97. The van der Waals surface area contributed by atoms with Crippen molar-refractivity contribution >= 4 is 16.7 Å². The second kappa shape index (κ2) is 3.44. The second-order valence-corrected chi connectivity index (χ2v) is 3.43. The molecule has 88 valence electrons. The fourth-order valence-electron chi connectivity index (χ4n) is 1.65. The summed E-state index contributed by atoms with van der Waals surface area (Å²) in [6, 6.07) is 3.87. The Morgan fingerprint density at radius 1 is 0.882 bits per heavy atom. The number of hydrogen-bond donors (Lipinski definition) is 5. The molecule has 5 N–H and O–H groups in total. The van der Waals surface area contributed by atoms with E-state index in [-0.39, 0.29) is 16.3 Å². The summed E-state index contributed by atoms with van der Waals surface area (Å²) in [6.45, 7) is 0. The van der Waals surface area contributed by atoms with Crippen LogP contribution in [0.2, 0.25) is 0 Å². The Morgan fingerprint density at radius 2 is 1.47 bits per heavy atom. The van der Waals surface area contributed by atoms with Gasteiger partial charge in [0.25, 0.3) is 0 Å². The van der Waals surface area contributed by atoms with Crippen molar-refractivity contribution in [2.75, 3.05) is 0 Å². The van der Waals surface area contributed by atoms with Gasteiger partial charge < -0.3 is 25.5 Å². The number of carbonyl (C=O) groups is 1. The molecule has 2 rings (SSSR count). The van der Waals surface area contributed by atoms with Crippen molar-refractivity contribution in [1.29, 1.82) is 0 Å². The van der Waals surface area contributed by atoms with Gasteiger partial charge >= 0.3 is 5.97 Å². The van der Waals surface area contributed by atoms with Crippen LogP contribution in [0.3, 0.4) is 0 Å². The van der Waals surface area contributed by atoms with Crippen LogP contribution < -0.4 is 0 Å². The van der Waals surface area contributed by atoms with E-state index < -0.39 is 29.0 Å². The number of rotatable bonds is 1. The number of phenols is 4. The molecule has 0 heterocycles. The molecule has 0 spiro atoms. The van der Waals surface area contributed by atoms with Gasteiger partial charge in [-0.2, -0.15) is 0 Å². The van der Waals surface area contributed by atoms with Gasteiger partial charge in [-0.15, -0.1) is 0 Å². The van der Waals surface area contributed by atoms with Crippen LogP contribution in [-0.2, 0) is 0 Å². The van der Waals surface area contributed by atoms with Gasteiger partial charge in [-0.25, -0.2) is 4.79 Å². The van der Waals surface area contributed by atoms with E-state index >= 15 is 0 Å². The Morgan fingerprint density at radius 3 is 2.06 bits per heavy atom. The summed E-state index contributed by atoms with van der Waals surface area (Å²) in [5, 5.41) is 46.4. The molecule has 0 saturated carbocycles. The van der Waals surface area contributed by atoms with E-state index in [1.54, 1.807) is 0 Å². The summed E-state index contributed by atoms with van der Waals surface area (Å²) < 4.78 is 0. The van der Waals surface area contributed by atoms with Gasteiger partial charge in [-0.1, -0.05) is 12.1 Å². The molecule has 0 bridgehead atoms. The highest BCUT2D eigenvalue weighted by Crippen LogP contribution is 2.49. The molecular formula is C11H8O6. The lowest BCUT2D eigenvalue weighted by Gasteiger charge is -2.10. The summed E-state index contributed by atoms with van der Waals surface area (Å²) in [6.07, 6.45) is 0. The molecule has 0 aromatic heterocycles. The summed E-state index contributed by atoms with van der Waals surface area (Å²) in [5.41, 5.74) is -0.286. The summed E-state index contributed by atoms with van der Waals surface area (Å²) in [5.74, 6) is -4.64. The molecule has 6 nitrogen and oxygen atoms in total. The van der Waals surface area contributed by atoms with Gasteiger partial charge in [-0.05, 0) is 6.07 Å². The Hall–Kier alpha value is -2.63. The van der Waals surface area contributed by atoms with Gasteiger partial charge in [0.15, 0.2) is 11.5 Å². The van der Waals surface area contributed by atoms with Crippen LogP contribution in [0.5, 0.6) is 23.0 Å². The average Bonchev–Trinajstić information content (AvgIpc) is 2.32. The van der Waals surface area contributed by atoms with E-state index in [0.717, 1.165) is 0 Å². The van der Waals surface area contributed by atoms with Gasteiger partial charge in [0.2, 0.25) is 11.5 Å². The summed E-state index contributed by atoms with van der Waals surface area (Å²) in [7, 11) is 0. The number of hydrogen-bond acceptors (Lipinski definition) is 5. The average molecular weight is 236 g/mol. The zero-order valence-electron chi connectivity index (χ0n) is 8.38. The second-order valence-electron chi connectivity index (χ2n) is 3.43. The summed E-state index contributed by atoms with van der Waals surface area (Å²) >= 11 is 0. The van der Waals surface area contributed by atoms with Crippen molar-refractivity contribution in [2.45, 2.75) is 0 Å². The molecule has 0 aliphatic carbocycles. The van der Waals surface area contributed by atoms with Crippen LogP contribution in [0.25, 0.3) is 10.8 Å². The maximum atomic E-state index is 10.9. The lowest BCUT2D eigenvalue weighted by molar-refractivity contribution is 0.0698. The molecular weight excluding hydrogens is 228 g/mol. The fraction of sp³-hybridized carbons (Fsp3) is 0. The molecule has 0 aliphatic heterocycles. The minimum Gasteiger partial charge on any atom is -0.504 e. The fourth-order valence-corrected chi connectivity index (χ4v) is 1.65. The maximum absolute atomic E-state index is 10.9. The molecule has 2 aromatic rings. The molecule has 0 aliphatic rings. The predicted octanol–water partition coefficient (Wildman–Crippen LogP) is 1.36. The zero-order valence-corrected chi connectivity index (χ0v) is 8.38. The first-order valence-corrected chi connectivity index (χ1v) is 4.57. The third-order valence-corrected chi connectivity index (χ3v) is 2.46. The van der Waals surface area contributed by atoms with Crippen LogP contribution in [0.1, 0.15) is 10.4 Å². The normalized spacial score (nSPS) is 10.6. The van der Waals surface area contributed by atoms with Crippen molar-refractivity contribution in [1.82, 2.24) is 0 Å². The Kier molecular flexibility index (Phi) is 2.20. The number of aromatic carboxylic acids is 1. The topological polar surface area (TPSA) is 118 Å². The van der Waals surface area contributed by atoms with Crippen LogP contribution >= 0.6 is 0 Å². The minimum atomic E-state index is -1.32. The largest absolute Gasteiger partial charge is 0.504 e. The number of benzene rings is 2. The van der Waals surface area contributed by atoms with Gasteiger partial charge in [0, 0.05) is 10.8 Å². The highest BCUT2D eigenvalue weighted by molar-refractivity contribution is 6.10. The summed E-state index contributed by atoms with van der Waals surface area (Å²) in [4.78, 5) is 10.9. The van der Waals surface area contributed by atoms with Crippen molar-refractivity contribution in [3.63, 3.8) is 0 Å². The maximum Gasteiger partial charge on any atom is 0.336 e. The van der Waals surface area contributed by atoms with E-state index in [1.807, 2.05) is 0 Å². The van der Waals surface area contributed by atoms with E-state index in [9.17, 15) is 25.2 Å². The van der Waals surface area contributed by atoms with Gasteiger partial charge in [-0.3, -0.25) is 0 Å². The first-order valence-electron chi connectivity index (χ1n) is 4.57. The molecule has 6 heteroatoms. The highest BCUT2D eigenvalue weighted by atomic mass is 16.4. The van der Waals surface area contributed by atoms with Crippen LogP contribution in [-0.4, -0.2) is 31.5 Å². The molecule has 0 fully saturated rings. The molecule has 0 amide bonds. The van der Waals surface area contributed by atoms with Crippen molar-refractivity contribution < 1.29 is 30.3 Å². The Labute approximate surface area is 94.6 Å². The molecule has 0 saturated heterocycles. The highest BCUT2D eigenvalue weighted by Gasteiger charge is 2.21. The number of carboxylic acid groups (broad SMARTS) is 1. The quantitative estimate of drug-likeness (QED) is 0.377. The van der Waals surface area contributed by atoms with Crippen LogP contribution in [0, 0.1) is 0 Å². The van der Waals surface area contributed by atoms with Gasteiger partial charge in [0.05, 0.1) is 5.56 Å². The smallest absolute Gasteiger partial charge is 0.336 e. The molecule has 17 heavy (non-hydrogen) atoms. The van der Waals surface area contributed by atoms with Crippen LogP contribution in [0.15, 0.2) is 18.2 Å². The SMILES string of the molecule is O=C(O)c1cccc2c(O)c(O)c(O)c(O)c12. The molecule has 0 atom stereocenters. The van der Waals surface area contributed by atoms with Crippen molar-refractivity contribution in [2.24, 2.45) is 0 Å². The lowest BCUT2D eigenvalue weighted by atomic mass is 10.0. The van der Waals surface area contributed by atoms with E-state index in [0.29, 0.717) is 0 Å². The van der Waals surface area contributed by atoms with E-state index in [2.05, 4.69) is 0 Å². The molecule has 0 radical (unpaired) electrons. The van der Waals surface area contributed by atoms with Crippen molar-refractivity contribution in [3.05, 3.63) is 23.8 Å². The molecule has 0 unspecified atom stereocenters. The van der Waals surface area contributed by atoms with Crippen LogP contribution in [0.4, 0.5) is 0 Å². The number of aromatic hydroxyl groups is 4. The van der Waals surface area contributed by atoms with E-state index in [1.165, 1.54) is 18.2 Å². The monoisotopic (exact) mass is 236 g/mol. The standard InChI is InChI=1S/C11H8O6/c12-7-4-2-1-3-5(11(16)17)6(4)8(13)10(15)9(7)14/h1-3,12-15H,(H,16,17). The number of carboxylic acids is 1. The van der Waals surface area contributed by atoms with Crippen molar-refractivity contribution in [3.8, 4) is 23.0 Å². The molecule has 2 aromatic carbocycles. The number of fused-ring (bicyclic) bond motifs is 1. The number of phenolic OH excluding ortho intramolecular Hbond substituents is 4. The minimum absolute atomic E-state index is 0.0577.